The lowest BCUT2D eigenvalue weighted by Crippen LogP contribution is -2.40. The van der Waals surface area contributed by atoms with E-state index in [-0.39, 0.29) is 11.4 Å². The minimum absolute atomic E-state index is 0.0173. The summed E-state index contributed by atoms with van der Waals surface area (Å²) in [5.41, 5.74) is 1.64. The normalized spacial score (nSPS) is 11.6. The molecule has 2 nitrogen and oxygen atoms in total. The second kappa shape index (κ2) is 4.45. The summed E-state index contributed by atoms with van der Waals surface area (Å²) < 4.78 is 0. The number of amides is 1. The molecule has 0 heterocycles. The van der Waals surface area contributed by atoms with E-state index in [1.165, 1.54) is 5.39 Å². The van der Waals surface area contributed by atoms with Crippen molar-refractivity contribution in [2.45, 2.75) is 33.2 Å². The van der Waals surface area contributed by atoms with Crippen molar-refractivity contribution in [1.82, 2.24) is 5.32 Å². The van der Waals surface area contributed by atoms with Gasteiger partial charge < -0.3 is 5.32 Å². The molecule has 0 unspecified atom stereocenters. The van der Waals surface area contributed by atoms with Gasteiger partial charge >= 0.3 is 0 Å². The van der Waals surface area contributed by atoms with Crippen LogP contribution in [0.25, 0.3) is 10.8 Å². The van der Waals surface area contributed by atoms with E-state index in [4.69, 9.17) is 0 Å². The van der Waals surface area contributed by atoms with E-state index in [1.54, 1.807) is 0 Å². The fourth-order valence-electron chi connectivity index (χ4n) is 2.05. The SMILES string of the molecule is Cc1cc(C(=O)NC(C)(C)C)cc2ccccc12. The molecule has 0 radical (unpaired) electrons. The molecule has 2 aromatic rings. The minimum atomic E-state index is -0.212. The maximum absolute atomic E-state index is 12.1. The molecule has 1 N–H and O–H groups in total. The van der Waals surface area contributed by atoms with Gasteiger partial charge in [-0.3, -0.25) is 4.79 Å². The molecular formula is C16H19NO. The van der Waals surface area contributed by atoms with Crippen LogP contribution in [0, 0.1) is 6.92 Å². The van der Waals surface area contributed by atoms with E-state index < -0.39 is 0 Å². The first-order chi connectivity index (χ1) is 8.37. The van der Waals surface area contributed by atoms with Crippen molar-refractivity contribution in [1.29, 1.82) is 0 Å². The zero-order valence-corrected chi connectivity index (χ0v) is 11.4. The summed E-state index contributed by atoms with van der Waals surface area (Å²) in [4.78, 5) is 12.1. The van der Waals surface area contributed by atoms with Gasteiger partial charge in [0, 0.05) is 11.1 Å². The summed E-state index contributed by atoms with van der Waals surface area (Å²) >= 11 is 0. The highest BCUT2D eigenvalue weighted by atomic mass is 16.1. The molecule has 0 atom stereocenters. The largest absolute Gasteiger partial charge is 0.347 e. The third-order valence-corrected chi connectivity index (χ3v) is 2.82. The zero-order chi connectivity index (χ0) is 13.3. The second-order valence-corrected chi connectivity index (χ2v) is 5.72. The van der Waals surface area contributed by atoms with Crippen molar-refractivity contribution in [3.63, 3.8) is 0 Å². The van der Waals surface area contributed by atoms with Crippen LogP contribution in [-0.2, 0) is 0 Å². The quantitative estimate of drug-likeness (QED) is 0.810. The van der Waals surface area contributed by atoms with Crippen LogP contribution in [0.5, 0.6) is 0 Å². The Labute approximate surface area is 108 Å². The molecule has 0 bridgehead atoms. The lowest BCUT2D eigenvalue weighted by Gasteiger charge is -2.20. The Kier molecular flexibility index (Phi) is 3.12. The van der Waals surface area contributed by atoms with Gasteiger partial charge in [-0.1, -0.05) is 24.3 Å². The van der Waals surface area contributed by atoms with Crippen LogP contribution in [0.2, 0.25) is 0 Å². The Morgan fingerprint density at radius 3 is 2.44 bits per heavy atom. The van der Waals surface area contributed by atoms with Crippen molar-refractivity contribution < 1.29 is 4.79 Å². The molecule has 2 aromatic carbocycles. The average molecular weight is 241 g/mol. The molecule has 2 rings (SSSR count). The number of nitrogens with one attached hydrogen (secondary N) is 1. The molecule has 1 amide bonds. The average Bonchev–Trinajstić information content (AvgIpc) is 2.26. The minimum Gasteiger partial charge on any atom is -0.347 e. The molecule has 0 aromatic heterocycles. The Bertz CT molecular complexity index is 594. The van der Waals surface area contributed by atoms with Gasteiger partial charge in [-0.2, -0.15) is 0 Å². The van der Waals surface area contributed by atoms with Gasteiger partial charge in [-0.05, 0) is 56.2 Å². The topological polar surface area (TPSA) is 29.1 Å². The Morgan fingerprint density at radius 1 is 1.11 bits per heavy atom. The summed E-state index contributed by atoms with van der Waals surface area (Å²) in [7, 11) is 0. The number of hydrogen-bond donors (Lipinski definition) is 1. The molecule has 0 fully saturated rings. The number of hydrogen-bond acceptors (Lipinski definition) is 1. The van der Waals surface area contributed by atoms with Crippen LogP contribution in [0.15, 0.2) is 36.4 Å². The highest BCUT2D eigenvalue weighted by Crippen LogP contribution is 2.20. The van der Waals surface area contributed by atoms with Crippen LogP contribution in [0.4, 0.5) is 0 Å². The fraction of sp³-hybridized carbons (Fsp3) is 0.312. The van der Waals surface area contributed by atoms with E-state index >= 15 is 0 Å². The number of aryl methyl sites for hydroxylation is 1. The predicted octanol–water partition coefficient (Wildman–Crippen LogP) is 3.68. The lowest BCUT2D eigenvalue weighted by atomic mass is 10.0. The number of rotatable bonds is 1. The van der Waals surface area contributed by atoms with Crippen molar-refractivity contribution in [3.8, 4) is 0 Å². The first kappa shape index (κ1) is 12.6. The highest BCUT2D eigenvalue weighted by Gasteiger charge is 2.15. The van der Waals surface area contributed by atoms with Gasteiger partial charge in [0.05, 0.1) is 0 Å². The predicted molar refractivity (Wildman–Crippen MR) is 75.9 cm³/mol. The van der Waals surface area contributed by atoms with E-state index in [1.807, 2.05) is 58.0 Å². The monoisotopic (exact) mass is 241 g/mol. The molecule has 18 heavy (non-hydrogen) atoms. The zero-order valence-electron chi connectivity index (χ0n) is 11.4. The molecule has 2 heteroatoms. The van der Waals surface area contributed by atoms with Gasteiger partial charge in [0.1, 0.15) is 0 Å². The number of carbonyl (C=O) groups is 1. The summed E-state index contributed by atoms with van der Waals surface area (Å²) in [6.45, 7) is 7.99. The van der Waals surface area contributed by atoms with E-state index in [9.17, 15) is 4.79 Å². The molecule has 0 aliphatic carbocycles. The highest BCUT2D eigenvalue weighted by molar-refractivity contribution is 5.99. The number of benzene rings is 2. The number of carbonyl (C=O) groups excluding carboxylic acids is 1. The molecule has 0 saturated heterocycles. The van der Waals surface area contributed by atoms with Crippen LogP contribution in [0.3, 0.4) is 0 Å². The van der Waals surface area contributed by atoms with Gasteiger partial charge in [0.15, 0.2) is 0 Å². The molecule has 0 saturated carbocycles. The smallest absolute Gasteiger partial charge is 0.251 e. The Morgan fingerprint density at radius 2 is 1.78 bits per heavy atom. The van der Waals surface area contributed by atoms with Crippen LogP contribution >= 0.6 is 0 Å². The van der Waals surface area contributed by atoms with Crippen molar-refractivity contribution >= 4 is 16.7 Å². The second-order valence-electron chi connectivity index (χ2n) is 5.72. The third kappa shape index (κ3) is 2.70. The van der Waals surface area contributed by atoms with Gasteiger partial charge in [-0.25, -0.2) is 0 Å². The van der Waals surface area contributed by atoms with Crippen LogP contribution in [0.1, 0.15) is 36.7 Å². The van der Waals surface area contributed by atoms with Gasteiger partial charge in [-0.15, -0.1) is 0 Å². The van der Waals surface area contributed by atoms with E-state index in [0.29, 0.717) is 0 Å². The molecule has 0 aliphatic rings. The molecule has 0 aliphatic heterocycles. The fourth-order valence-corrected chi connectivity index (χ4v) is 2.05. The third-order valence-electron chi connectivity index (χ3n) is 2.82. The van der Waals surface area contributed by atoms with Crippen molar-refractivity contribution in [2.75, 3.05) is 0 Å². The van der Waals surface area contributed by atoms with Crippen LogP contribution in [-0.4, -0.2) is 11.4 Å². The Balaban J connectivity index is 2.44. The van der Waals surface area contributed by atoms with E-state index in [2.05, 4.69) is 11.4 Å². The first-order valence-corrected chi connectivity index (χ1v) is 6.19. The molecular weight excluding hydrogens is 222 g/mol. The summed E-state index contributed by atoms with van der Waals surface area (Å²) in [5.74, 6) is -0.0173. The number of fused-ring (bicyclic) bond motifs is 1. The summed E-state index contributed by atoms with van der Waals surface area (Å²) in [6, 6.07) is 12.0. The van der Waals surface area contributed by atoms with Gasteiger partial charge in [0.25, 0.3) is 5.91 Å². The summed E-state index contributed by atoms with van der Waals surface area (Å²) in [5, 5.41) is 5.30. The maximum Gasteiger partial charge on any atom is 0.251 e. The first-order valence-electron chi connectivity index (χ1n) is 6.19. The standard InChI is InChI=1S/C16H19NO/c1-11-9-13(15(18)17-16(2,3)4)10-12-7-5-6-8-14(11)12/h5-10H,1-4H3,(H,17,18). The van der Waals surface area contributed by atoms with Crippen LogP contribution < -0.4 is 5.32 Å². The molecule has 0 spiro atoms. The van der Waals surface area contributed by atoms with Crippen molar-refractivity contribution in [2.24, 2.45) is 0 Å². The maximum atomic E-state index is 12.1. The molecule has 94 valence electrons. The lowest BCUT2D eigenvalue weighted by molar-refractivity contribution is 0.0919. The Hall–Kier alpha value is -1.83. The summed E-state index contributed by atoms with van der Waals surface area (Å²) in [6.07, 6.45) is 0. The van der Waals surface area contributed by atoms with Crippen molar-refractivity contribution in [3.05, 3.63) is 47.5 Å². The van der Waals surface area contributed by atoms with Gasteiger partial charge in [0.2, 0.25) is 0 Å². The van der Waals surface area contributed by atoms with E-state index in [0.717, 1.165) is 16.5 Å².